The number of benzene rings is 3. The number of carbonyl (C=O) groups excluding carboxylic acids is 2. The van der Waals surface area contributed by atoms with Gasteiger partial charge >= 0.3 is 5.97 Å². The van der Waals surface area contributed by atoms with E-state index in [0.29, 0.717) is 11.3 Å². The third-order valence-corrected chi connectivity index (χ3v) is 4.92. The molecule has 0 saturated carbocycles. The number of para-hydroxylation sites is 1. The van der Waals surface area contributed by atoms with Gasteiger partial charge in [0.15, 0.2) is 0 Å². The second-order valence-corrected chi connectivity index (χ2v) is 7.17. The molecule has 1 atom stereocenters. The maximum atomic E-state index is 13.0. The fraction of sp³-hybridized carbons (Fsp3) is 0.120. The van der Waals surface area contributed by atoms with Crippen molar-refractivity contribution in [3.05, 3.63) is 102 Å². The van der Waals surface area contributed by atoms with Gasteiger partial charge in [0.1, 0.15) is 0 Å². The zero-order chi connectivity index (χ0) is 20.9. The molecule has 0 unspecified atom stereocenters. The highest BCUT2D eigenvalue weighted by Crippen LogP contribution is 2.23. The molecule has 1 aromatic heterocycles. The number of rotatable bonds is 6. The molecule has 0 aliphatic rings. The first kappa shape index (κ1) is 19.5. The highest BCUT2D eigenvalue weighted by atomic mass is 16.5. The normalized spacial score (nSPS) is 11.8. The molecule has 0 bridgehead atoms. The van der Waals surface area contributed by atoms with Crippen LogP contribution in [0.15, 0.2) is 85.1 Å². The predicted octanol–water partition coefficient (Wildman–Crippen LogP) is 4.94. The molecule has 0 fully saturated rings. The van der Waals surface area contributed by atoms with Crippen LogP contribution < -0.4 is 5.32 Å². The first-order valence-electron chi connectivity index (χ1n) is 9.77. The number of aryl methyl sites for hydroxylation is 1. The molecule has 1 heterocycles. The van der Waals surface area contributed by atoms with E-state index >= 15 is 0 Å². The molecule has 0 aliphatic heterocycles. The van der Waals surface area contributed by atoms with Crippen LogP contribution in [0, 0.1) is 6.92 Å². The summed E-state index contributed by atoms with van der Waals surface area (Å²) in [5, 5.41) is 3.81. The van der Waals surface area contributed by atoms with E-state index in [1.54, 1.807) is 18.3 Å². The third-order valence-electron chi connectivity index (χ3n) is 4.92. The van der Waals surface area contributed by atoms with Gasteiger partial charge < -0.3 is 15.0 Å². The highest BCUT2D eigenvalue weighted by Gasteiger charge is 2.25. The Morgan fingerprint density at radius 3 is 2.40 bits per heavy atom. The van der Waals surface area contributed by atoms with Crippen LogP contribution in [-0.4, -0.2) is 16.9 Å². The lowest BCUT2D eigenvalue weighted by Gasteiger charge is -2.18. The molecule has 5 heteroatoms. The summed E-state index contributed by atoms with van der Waals surface area (Å²) in [6.45, 7) is 1.98. The van der Waals surface area contributed by atoms with E-state index in [9.17, 15) is 9.59 Å². The second kappa shape index (κ2) is 8.66. The van der Waals surface area contributed by atoms with Crippen LogP contribution in [0.3, 0.4) is 0 Å². The summed E-state index contributed by atoms with van der Waals surface area (Å²) in [5.74, 6) is -0.856. The lowest BCUT2D eigenvalue weighted by Crippen LogP contribution is -2.26. The third kappa shape index (κ3) is 4.41. The Kier molecular flexibility index (Phi) is 5.61. The number of anilines is 1. The zero-order valence-corrected chi connectivity index (χ0v) is 16.6. The van der Waals surface area contributed by atoms with E-state index in [0.717, 1.165) is 22.0 Å². The molecule has 0 spiro atoms. The number of aromatic nitrogens is 1. The van der Waals surface area contributed by atoms with Crippen molar-refractivity contribution in [3.63, 3.8) is 0 Å². The van der Waals surface area contributed by atoms with Crippen molar-refractivity contribution < 1.29 is 14.3 Å². The Labute approximate surface area is 174 Å². The van der Waals surface area contributed by atoms with E-state index in [4.69, 9.17) is 4.74 Å². The van der Waals surface area contributed by atoms with Crippen LogP contribution in [0.4, 0.5) is 5.69 Å². The number of nitrogens with one attached hydrogen (secondary N) is 2. The first-order chi connectivity index (χ1) is 14.6. The molecular weight excluding hydrogens is 376 g/mol. The number of esters is 1. The highest BCUT2D eigenvalue weighted by molar-refractivity contribution is 5.96. The fourth-order valence-electron chi connectivity index (χ4n) is 3.35. The van der Waals surface area contributed by atoms with Crippen molar-refractivity contribution >= 4 is 28.5 Å². The number of aromatic amines is 1. The average molecular weight is 398 g/mol. The molecule has 4 rings (SSSR count). The van der Waals surface area contributed by atoms with Crippen LogP contribution in [0.5, 0.6) is 0 Å². The van der Waals surface area contributed by atoms with E-state index in [1.807, 2.05) is 73.7 Å². The number of ether oxygens (including phenoxy) is 1. The van der Waals surface area contributed by atoms with Crippen LogP contribution in [0.2, 0.25) is 0 Å². The average Bonchev–Trinajstić information content (AvgIpc) is 3.17. The SMILES string of the molecule is Cc1ccc(NC(=O)[C@H](OC(=O)Cc2c[nH]c3ccccc23)c2ccccc2)cc1. The van der Waals surface area contributed by atoms with Gasteiger partial charge in [0.25, 0.3) is 5.91 Å². The van der Waals surface area contributed by atoms with Crippen molar-refractivity contribution in [2.24, 2.45) is 0 Å². The molecule has 150 valence electrons. The van der Waals surface area contributed by atoms with Crippen molar-refractivity contribution in [2.75, 3.05) is 5.32 Å². The minimum atomic E-state index is -1.04. The van der Waals surface area contributed by atoms with E-state index < -0.39 is 18.0 Å². The smallest absolute Gasteiger partial charge is 0.311 e. The molecule has 0 radical (unpaired) electrons. The number of fused-ring (bicyclic) bond motifs is 1. The van der Waals surface area contributed by atoms with Gasteiger partial charge in [-0.3, -0.25) is 9.59 Å². The van der Waals surface area contributed by atoms with Gasteiger partial charge in [-0.1, -0.05) is 66.2 Å². The lowest BCUT2D eigenvalue weighted by atomic mass is 10.1. The van der Waals surface area contributed by atoms with Crippen molar-refractivity contribution in [3.8, 4) is 0 Å². The molecule has 1 amide bonds. The Hall–Kier alpha value is -3.86. The number of H-pyrrole nitrogens is 1. The number of carbonyl (C=O) groups is 2. The largest absolute Gasteiger partial charge is 0.447 e. The van der Waals surface area contributed by atoms with E-state index in [-0.39, 0.29) is 6.42 Å². The molecule has 4 aromatic rings. The maximum Gasteiger partial charge on any atom is 0.311 e. The lowest BCUT2D eigenvalue weighted by molar-refractivity contribution is -0.154. The van der Waals surface area contributed by atoms with Crippen LogP contribution in [0.25, 0.3) is 10.9 Å². The van der Waals surface area contributed by atoms with Crippen LogP contribution in [-0.2, 0) is 20.7 Å². The van der Waals surface area contributed by atoms with Gasteiger partial charge in [-0.2, -0.15) is 0 Å². The Bertz CT molecular complexity index is 1160. The van der Waals surface area contributed by atoms with Crippen molar-refractivity contribution in [1.82, 2.24) is 4.98 Å². The Morgan fingerprint density at radius 2 is 1.63 bits per heavy atom. The Morgan fingerprint density at radius 1 is 0.933 bits per heavy atom. The van der Waals surface area contributed by atoms with Gasteiger partial charge in [0, 0.05) is 28.4 Å². The van der Waals surface area contributed by atoms with Crippen molar-refractivity contribution in [2.45, 2.75) is 19.4 Å². The summed E-state index contributed by atoms with van der Waals surface area (Å²) in [6, 6.07) is 24.3. The molecule has 30 heavy (non-hydrogen) atoms. The summed E-state index contributed by atoms with van der Waals surface area (Å²) < 4.78 is 5.65. The van der Waals surface area contributed by atoms with Gasteiger partial charge in [0.2, 0.25) is 6.10 Å². The van der Waals surface area contributed by atoms with Gasteiger partial charge in [-0.15, -0.1) is 0 Å². The monoisotopic (exact) mass is 398 g/mol. The summed E-state index contributed by atoms with van der Waals surface area (Å²) >= 11 is 0. The standard InChI is InChI=1S/C25H22N2O3/c1-17-11-13-20(14-12-17)27-25(29)24(18-7-3-2-4-8-18)30-23(28)15-19-16-26-22-10-6-5-9-21(19)22/h2-14,16,24,26H,15H2,1H3,(H,27,29)/t24-/m1/s1. The van der Waals surface area contributed by atoms with Gasteiger partial charge in [-0.05, 0) is 30.7 Å². The predicted molar refractivity (Wildman–Crippen MR) is 117 cm³/mol. The van der Waals surface area contributed by atoms with Crippen molar-refractivity contribution in [1.29, 1.82) is 0 Å². The number of hydrogen-bond acceptors (Lipinski definition) is 3. The van der Waals surface area contributed by atoms with Crippen LogP contribution in [0.1, 0.15) is 22.8 Å². The topological polar surface area (TPSA) is 71.2 Å². The second-order valence-electron chi connectivity index (χ2n) is 7.17. The molecule has 5 nitrogen and oxygen atoms in total. The quantitative estimate of drug-likeness (QED) is 0.452. The van der Waals surface area contributed by atoms with Crippen LogP contribution >= 0.6 is 0 Å². The fourth-order valence-corrected chi connectivity index (χ4v) is 3.35. The summed E-state index contributed by atoms with van der Waals surface area (Å²) in [5.41, 5.74) is 4.16. The van der Waals surface area contributed by atoms with E-state index in [2.05, 4.69) is 10.3 Å². The number of amides is 1. The molecule has 0 saturated heterocycles. The summed E-state index contributed by atoms with van der Waals surface area (Å²) in [6.07, 6.45) is 0.839. The minimum absolute atomic E-state index is 0.0746. The number of hydrogen-bond donors (Lipinski definition) is 2. The minimum Gasteiger partial charge on any atom is -0.447 e. The van der Waals surface area contributed by atoms with E-state index in [1.165, 1.54) is 0 Å². The molecule has 3 aromatic carbocycles. The van der Waals surface area contributed by atoms with Gasteiger partial charge in [-0.25, -0.2) is 0 Å². The summed E-state index contributed by atoms with van der Waals surface area (Å²) in [7, 11) is 0. The Balaban J connectivity index is 1.53. The molecule has 2 N–H and O–H groups in total. The molecule has 0 aliphatic carbocycles. The molecular formula is C25H22N2O3. The summed E-state index contributed by atoms with van der Waals surface area (Å²) in [4.78, 5) is 28.8. The maximum absolute atomic E-state index is 13.0. The van der Waals surface area contributed by atoms with Gasteiger partial charge in [0.05, 0.1) is 6.42 Å². The first-order valence-corrected chi connectivity index (χ1v) is 9.77. The zero-order valence-electron chi connectivity index (χ0n) is 16.6.